The maximum absolute atomic E-state index is 12.7. The molecule has 2 aromatic carbocycles. The number of carbonyl (C=O) groups is 1. The maximum atomic E-state index is 12.7. The Bertz CT molecular complexity index is 797. The number of alkyl halides is 3. The predicted molar refractivity (Wildman–Crippen MR) is 83.0 cm³/mol. The molecule has 24 heavy (non-hydrogen) atoms. The number of ether oxygens (including phenoxy) is 1. The summed E-state index contributed by atoms with van der Waals surface area (Å²) in [5, 5.41) is 0. The van der Waals surface area contributed by atoms with Crippen LogP contribution in [0.4, 0.5) is 13.2 Å². The van der Waals surface area contributed by atoms with Crippen molar-refractivity contribution in [3.05, 3.63) is 71.4 Å². The van der Waals surface area contributed by atoms with Gasteiger partial charge in [-0.1, -0.05) is 42.5 Å². The summed E-state index contributed by atoms with van der Waals surface area (Å²) in [5.74, 6) is -0.979. The van der Waals surface area contributed by atoms with Crippen LogP contribution in [0.3, 0.4) is 0 Å². The molecule has 0 saturated heterocycles. The number of hydrogen-bond donors (Lipinski definition) is 1. The van der Waals surface area contributed by atoms with Gasteiger partial charge < -0.3 is 10.5 Å². The fraction of sp³-hybridized carbons (Fsp3) is 0.167. The maximum Gasteiger partial charge on any atom is 0.573 e. The van der Waals surface area contributed by atoms with Gasteiger partial charge in [-0.15, -0.1) is 13.2 Å². The van der Waals surface area contributed by atoms with Gasteiger partial charge in [0.2, 0.25) is 0 Å². The van der Waals surface area contributed by atoms with Gasteiger partial charge in [0.05, 0.1) is 5.92 Å². The molecule has 0 amide bonds. The second-order valence-electron chi connectivity index (χ2n) is 5.51. The molecule has 1 aliphatic rings. The van der Waals surface area contributed by atoms with E-state index in [4.69, 9.17) is 5.73 Å². The summed E-state index contributed by atoms with van der Waals surface area (Å²) >= 11 is 0. The molecule has 3 rings (SSSR count). The Morgan fingerprint density at radius 3 is 2.42 bits per heavy atom. The third-order valence-corrected chi connectivity index (χ3v) is 3.87. The van der Waals surface area contributed by atoms with Crippen LogP contribution in [-0.2, 0) is 4.79 Å². The van der Waals surface area contributed by atoms with E-state index in [9.17, 15) is 18.0 Å². The molecule has 0 spiro atoms. The van der Waals surface area contributed by atoms with Gasteiger partial charge >= 0.3 is 6.36 Å². The molecular formula is C18H14F3NO2. The van der Waals surface area contributed by atoms with Crippen LogP contribution in [0.15, 0.2) is 60.3 Å². The molecule has 3 nitrogen and oxygen atoms in total. The van der Waals surface area contributed by atoms with Crippen molar-refractivity contribution >= 4 is 11.4 Å². The van der Waals surface area contributed by atoms with Crippen LogP contribution < -0.4 is 10.5 Å². The molecule has 0 aliphatic heterocycles. The van der Waals surface area contributed by atoms with E-state index in [2.05, 4.69) is 4.74 Å². The summed E-state index contributed by atoms with van der Waals surface area (Å²) in [4.78, 5) is 12.7. The van der Waals surface area contributed by atoms with Gasteiger partial charge in [-0.25, -0.2) is 0 Å². The molecule has 0 heterocycles. The minimum Gasteiger partial charge on any atom is -0.406 e. The van der Waals surface area contributed by atoms with Crippen molar-refractivity contribution in [3.63, 3.8) is 0 Å². The molecular weight excluding hydrogens is 319 g/mol. The Kier molecular flexibility index (Phi) is 4.05. The number of hydrogen-bond acceptors (Lipinski definition) is 3. The first kappa shape index (κ1) is 16.1. The Hall–Kier alpha value is -2.76. The van der Waals surface area contributed by atoms with Gasteiger partial charge in [0.1, 0.15) is 5.75 Å². The number of benzene rings is 2. The topological polar surface area (TPSA) is 52.3 Å². The fourth-order valence-electron chi connectivity index (χ4n) is 2.88. The zero-order chi connectivity index (χ0) is 17.3. The van der Waals surface area contributed by atoms with E-state index in [-0.39, 0.29) is 17.1 Å². The monoisotopic (exact) mass is 333 g/mol. The van der Waals surface area contributed by atoms with Crippen molar-refractivity contribution in [1.82, 2.24) is 0 Å². The van der Waals surface area contributed by atoms with Crippen molar-refractivity contribution < 1.29 is 22.7 Å². The molecule has 1 atom stereocenters. The van der Waals surface area contributed by atoms with E-state index >= 15 is 0 Å². The van der Waals surface area contributed by atoms with E-state index in [1.807, 2.05) is 30.3 Å². The lowest BCUT2D eigenvalue weighted by Gasteiger charge is -2.11. The van der Waals surface area contributed by atoms with Gasteiger partial charge in [0, 0.05) is 17.7 Å². The third-order valence-electron chi connectivity index (χ3n) is 3.87. The first-order valence-electron chi connectivity index (χ1n) is 7.29. The highest BCUT2D eigenvalue weighted by Crippen LogP contribution is 2.39. The van der Waals surface area contributed by atoms with E-state index < -0.39 is 12.3 Å². The Labute approximate surface area is 136 Å². The predicted octanol–water partition coefficient (Wildman–Crippen LogP) is 4.01. The van der Waals surface area contributed by atoms with Crippen LogP contribution >= 0.6 is 0 Å². The van der Waals surface area contributed by atoms with Gasteiger partial charge in [-0.05, 0) is 23.3 Å². The number of rotatable bonds is 3. The summed E-state index contributed by atoms with van der Waals surface area (Å²) in [7, 11) is 0. The first-order valence-corrected chi connectivity index (χ1v) is 7.29. The van der Waals surface area contributed by atoms with Gasteiger partial charge in [-0.2, -0.15) is 0 Å². The highest BCUT2D eigenvalue weighted by atomic mass is 19.4. The van der Waals surface area contributed by atoms with Gasteiger partial charge in [0.15, 0.2) is 5.78 Å². The second-order valence-corrected chi connectivity index (χ2v) is 5.51. The highest BCUT2D eigenvalue weighted by molar-refractivity contribution is 6.26. The van der Waals surface area contributed by atoms with Crippen molar-refractivity contribution in [2.24, 2.45) is 5.73 Å². The lowest BCUT2D eigenvalue weighted by Crippen LogP contribution is -2.17. The SMILES string of the molecule is NC1=C(c2cccc(OC(F)(F)F)c2)C(=O)C(c2ccccc2)C1. The normalized spacial score (nSPS) is 18.1. The number of carbonyl (C=O) groups excluding carboxylic acids is 1. The molecule has 1 aliphatic carbocycles. The fourth-order valence-corrected chi connectivity index (χ4v) is 2.88. The van der Waals surface area contributed by atoms with Crippen LogP contribution in [-0.4, -0.2) is 12.1 Å². The summed E-state index contributed by atoms with van der Waals surface area (Å²) in [6.45, 7) is 0. The number of nitrogens with two attached hydrogens (primary N) is 1. The van der Waals surface area contributed by atoms with Gasteiger partial charge in [-0.3, -0.25) is 4.79 Å². The quantitative estimate of drug-likeness (QED) is 0.923. The summed E-state index contributed by atoms with van der Waals surface area (Å²) < 4.78 is 41.0. The molecule has 0 fully saturated rings. The van der Waals surface area contributed by atoms with Crippen molar-refractivity contribution in [1.29, 1.82) is 0 Å². The average molecular weight is 333 g/mol. The molecule has 6 heteroatoms. The zero-order valence-corrected chi connectivity index (χ0v) is 12.5. The molecule has 0 aromatic heterocycles. The van der Waals surface area contributed by atoms with Crippen molar-refractivity contribution in [3.8, 4) is 5.75 Å². The van der Waals surface area contributed by atoms with Crippen LogP contribution in [0.5, 0.6) is 5.75 Å². The van der Waals surface area contributed by atoms with Crippen LogP contribution in [0.1, 0.15) is 23.5 Å². The van der Waals surface area contributed by atoms with Crippen molar-refractivity contribution in [2.75, 3.05) is 0 Å². The van der Waals surface area contributed by atoms with Crippen LogP contribution in [0.2, 0.25) is 0 Å². The van der Waals surface area contributed by atoms with Crippen molar-refractivity contribution in [2.45, 2.75) is 18.7 Å². The average Bonchev–Trinajstić information content (AvgIpc) is 2.81. The number of allylic oxidation sites excluding steroid dienone is 2. The van der Waals surface area contributed by atoms with Gasteiger partial charge in [0.25, 0.3) is 0 Å². The lowest BCUT2D eigenvalue weighted by molar-refractivity contribution is -0.274. The molecule has 0 saturated carbocycles. The Morgan fingerprint density at radius 2 is 1.75 bits per heavy atom. The molecule has 2 aromatic rings. The minimum atomic E-state index is -4.79. The molecule has 2 N–H and O–H groups in total. The number of Topliss-reactive ketones (excluding diaryl/α,β-unsaturated/α-hetero) is 1. The zero-order valence-electron chi connectivity index (χ0n) is 12.5. The van der Waals surface area contributed by atoms with E-state index in [0.29, 0.717) is 17.7 Å². The highest BCUT2D eigenvalue weighted by Gasteiger charge is 2.35. The summed E-state index contributed by atoms with van der Waals surface area (Å²) in [5.41, 5.74) is 7.80. The number of ketones is 1. The molecule has 124 valence electrons. The van der Waals surface area contributed by atoms with Crippen LogP contribution in [0.25, 0.3) is 5.57 Å². The smallest absolute Gasteiger partial charge is 0.406 e. The first-order chi connectivity index (χ1) is 11.3. The van der Waals surface area contributed by atoms with E-state index in [0.717, 1.165) is 5.56 Å². The van der Waals surface area contributed by atoms with E-state index in [1.165, 1.54) is 18.2 Å². The summed E-state index contributed by atoms with van der Waals surface area (Å²) in [6.07, 6.45) is -4.44. The van der Waals surface area contributed by atoms with Crippen LogP contribution in [0, 0.1) is 0 Å². The Balaban J connectivity index is 1.91. The standard InChI is InChI=1S/C18H14F3NO2/c19-18(20,21)24-13-8-4-7-12(9-13)16-15(22)10-14(17(16)23)11-5-2-1-3-6-11/h1-9,14H,10,22H2. The molecule has 1 unspecified atom stereocenters. The third kappa shape index (κ3) is 3.27. The van der Waals surface area contributed by atoms with E-state index in [1.54, 1.807) is 6.07 Å². The minimum absolute atomic E-state index is 0.192. The molecule has 0 bridgehead atoms. The largest absolute Gasteiger partial charge is 0.573 e. The lowest BCUT2D eigenvalue weighted by atomic mass is 9.93. The second kappa shape index (κ2) is 6.03. The molecule has 0 radical (unpaired) electrons. The number of halogens is 3. The summed E-state index contributed by atoms with van der Waals surface area (Å²) in [6, 6.07) is 14.5. The Morgan fingerprint density at radius 1 is 1.04 bits per heavy atom.